The first-order chi connectivity index (χ1) is 6.97. The molecule has 0 aromatic rings. The van der Waals surface area contributed by atoms with Crippen molar-refractivity contribution in [1.29, 1.82) is 0 Å². The maximum absolute atomic E-state index is 5.60. The quantitative estimate of drug-likeness (QED) is 0.661. The van der Waals surface area contributed by atoms with Gasteiger partial charge in [-0.3, -0.25) is 0 Å². The van der Waals surface area contributed by atoms with E-state index < -0.39 is 0 Å². The number of hydrogen-bond donors (Lipinski definition) is 2. The fraction of sp³-hybridized carbons (Fsp3) is 1.00. The van der Waals surface area contributed by atoms with Crippen LogP contribution in [-0.4, -0.2) is 50.4 Å². The Labute approximate surface area is 90.3 Å². The summed E-state index contributed by atoms with van der Waals surface area (Å²) in [6.07, 6.45) is 1.16. The van der Waals surface area contributed by atoms with Crippen LogP contribution in [-0.2, 0) is 4.74 Å². The molecule has 2 saturated heterocycles. The first kappa shape index (κ1) is 10.7. The molecule has 2 unspecified atom stereocenters. The van der Waals surface area contributed by atoms with E-state index in [0.717, 1.165) is 45.2 Å². The summed E-state index contributed by atoms with van der Waals surface area (Å²) < 4.78 is 5.60. The molecule has 3 nitrogen and oxygen atoms in total. The maximum atomic E-state index is 5.60. The summed E-state index contributed by atoms with van der Waals surface area (Å²) in [7, 11) is 0. The Morgan fingerprint density at radius 3 is 3.29 bits per heavy atom. The average Bonchev–Trinajstić information content (AvgIpc) is 2.62. The molecule has 2 rings (SSSR count). The lowest BCUT2D eigenvalue weighted by atomic mass is 10.0. The molecule has 4 heteroatoms. The fourth-order valence-electron chi connectivity index (χ4n) is 2.02. The van der Waals surface area contributed by atoms with Crippen LogP contribution in [0, 0.1) is 5.92 Å². The Kier molecular flexibility index (Phi) is 4.57. The molecule has 0 aromatic carbocycles. The maximum Gasteiger partial charge on any atom is 0.0623 e. The molecule has 2 N–H and O–H groups in total. The Bertz CT molecular complexity index is 134. The van der Waals surface area contributed by atoms with Crippen molar-refractivity contribution in [1.82, 2.24) is 10.6 Å². The Balaban J connectivity index is 1.83. The van der Waals surface area contributed by atoms with Crippen molar-refractivity contribution in [3.63, 3.8) is 0 Å². The van der Waals surface area contributed by atoms with E-state index in [4.69, 9.17) is 4.74 Å². The van der Waals surface area contributed by atoms with Gasteiger partial charge in [0.05, 0.1) is 6.61 Å². The molecule has 2 atom stereocenters. The third-order valence-corrected chi connectivity index (χ3v) is 4.06. The van der Waals surface area contributed by atoms with Crippen LogP contribution >= 0.6 is 11.8 Å². The van der Waals surface area contributed by atoms with Gasteiger partial charge < -0.3 is 15.4 Å². The van der Waals surface area contributed by atoms with E-state index in [9.17, 15) is 0 Å². The third-order valence-electron chi connectivity index (χ3n) is 2.90. The van der Waals surface area contributed by atoms with Crippen LogP contribution in [0.1, 0.15) is 6.42 Å². The molecule has 0 radical (unpaired) electrons. The minimum atomic E-state index is 0.565. The second-order valence-electron chi connectivity index (χ2n) is 4.03. The van der Waals surface area contributed by atoms with Crippen molar-refractivity contribution in [2.75, 3.05) is 44.4 Å². The van der Waals surface area contributed by atoms with Gasteiger partial charge in [0, 0.05) is 31.5 Å². The van der Waals surface area contributed by atoms with Crippen LogP contribution in [0.3, 0.4) is 0 Å². The van der Waals surface area contributed by atoms with Crippen molar-refractivity contribution in [3.05, 3.63) is 0 Å². The Morgan fingerprint density at radius 2 is 2.29 bits per heavy atom. The molecule has 2 aliphatic heterocycles. The van der Waals surface area contributed by atoms with Crippen LogP contribution in [0.4, 0.5) is 0 Å². The lowest BCUT2D eigenvalue weighted by Gasteiger charge is -2.24. The van der Waals surface area contributed by atoms with Gasteiger partial charge in [-0.15, -0.1) is 0 Å². The molecule has 2 heterocycles. The van der Waals surface area contributed by atoms with E-state index in [1.807, 2.05) is 0 Å². The molecule has 0 bridgehead atoms. The van der Waals surface area contributed by atoms with Crippen molar-refractivity contribution < 1.29 is 4.74 Å². The van der Waals surface area contributed by atoms with E-state index in [1.54, 1.807) is 0 Å². The topological polar surface area (TPSA) is 33.3 Å². The van der Waals surface area contributed by atoms with Gasteiger partial charge in [-0.1, -0.05) is 0 Å². The molecule has 14 heavy (non-hydrogen) atoms. The molecular weight excluding hydrogens is 196 g/mol. The zero-order valence-corrected chi connectivity index (χ0v) is 9.44. The molecule has 0 saturated carbocycles. The number of rotatable bonds is 1. The Morgan fingerprint density at radius 1 is 1.29 bits per heavy atom. The van der Waals surface area contributed by atoms with Gasteiger partial charge in [0.2, 0.25) is 0 Å². The number of ether oxygens (including phenoxy) is 1. The molecule has 0 amide bonds. The highest BCUT2D eigenvalue weighted by atomic mass is 32.2. The molecule has 0 spiro atoms. The SMILES string of the molecule is C1CNC(C2CNCCSC2)COC1. The highest BCUT2D eigenvalue weighted by Crippen LogP contribution is 2.16. The number of nitrogens with one attached hydrogen (secondary N) is 2. The third kappa shape index (κ3) is 3.12. The summed E-state index contributed by atoms with van der Waals surface area (Å²) in [5.74, 6) is 3.26. The first-order valence-corrected chi connectivity index (χ1v) is 6.72. The molecule has 0 aliphatic carbocycles. The van der Waals surface area contributed by atoms with Crippen LogP contribution in [0.25, 0.3) is 0 Å². The van der Waals surface area contributed by atoms with Crippen molar-refractivity contribution in [2.24, 2.45) is 5.92 Å². The van der Waals surface area contributed by atoms with Crippen molar-refractivity contribution in [2.45, 2.75) is 12.5 Å². The van der Waals surface area contributed by atoms with E-state index >= 15 is 0 Å². The second kappa shape index (κ2) is 5.95. The summed E-state index contributed by atoms with van der Waals surface area (Å²) >= 11 is 2.07. The normalized spacial score (nSPS) is 36.0. The molecule has 0 aromatic heterocycles. The summed E-state index contributed by atoms with van der Waals surface area (Å²) in [5, 5.41) is 7.10. The van der Waals surface area contributed by atoms with Gasteiger partial charge >= 0.3 is 0 Å². The highest BCUT2D eigenvalue weighted by Gasteiger charge is 2.23. The smallest absolute Gasteiger partial charge is 0.0623 e. The second-order valence-corrected chi connectivity index (χ2v) is 5.18. The lowest BCUT2D eigenvalue weighted by Crippen LogP contribution is -2.43. The van der Waals surface area contributed by atoms with Crippen LogP contribution in [0.5, 0.6) is 0 Å². The standard InChI is InChI=1S/C10H20N2OS/c1-2-12-10(7-13-4-1)9-6-11-3-5-14-8-9/h9-12H,1-8H2. The Hall–Kier alpha value is 0.230. The minimum absolute atomic E-state index is 0.565. The van der Waals surface area contributed by atoms with E-state index in [1.165, 1.54) is 11.5 Å². The van der Waals surface area contributed by atoms with Gasteiger partial charge in [0.1, 0.15) is 0 Å². The van der Waals surface area contributed by atoms with Gasteiger partial charge in [-0.05, 0) is 24.6 Å². The van der Waals surface area contributed by atoms with Gasteiger partial charge in [-0.2, -0.15) is 11.8 Å². The van der Waals surface area contributed by atoms with Crippen LogP contribution in [0.2, 0.25) is 0 Å². The van der Waals surface area contributed by atoms with Gasteiger partial charge in [0.25, 0.3) is 0 Å². The minimum Gasteiger partial charge on any atom is -0.380 e. The number of hydrogen-bond acceptors (Lipinski definition) is 4. The summed E-state index contributed by atoms with van der Waals surface area (Å²) in [6, 6.07) is 0.565. The predicted molar refractivity (Wildman–Crippen MR) is 60.9 cm³/mol. The molecule has 2 fully saturated rings. The lowest BCUT2D eigenvalue weighted by molar-refractivity contribution is 0.118. The number of thioether (sulfide) groups is 1. The first-order valence-electron chi connectivity index (χ1n) is 5.56. The monoisotopic (exact) mass is 216 g/mol. The van der Waals surface area contributed by atoms with E-state index in [0.29, 0.717) is 6.04 Å². The summed E-state index contributed by atoms with van der Waals surface area (Å²) in [6.45, 7) is 5.25. The van der Waals surface area contributed by atoms with Crippen LogP contribution < -0.4 is 10.6 Å². The zero-order valence-electron chi connectivity index (χ0n) is 8.63. The van der Waals surface area contributed by atoms with Crippen LogP contribution in [0.15, 0.2) is 0 Å². The average molecular weight is 216 g/mol. The molecular formula is C10H20N2OS. The molecule has 2 aliphatic rings. The van der Waals surface area contributed by atoms with Crippen molar-refractivity contribution >= 4 is 11.8 Å². The summed E-state index contributed by atoms with van der Waals surface area (Å²) in [4.78, 5) is 0. The van der Waals surface area contributed by atoms with Crippen molar-refractivity contribution in [3.8, 4) is 0 Å². The largest absolute Gasteiger partial charge is 0.380 e. The van der Waals surface area contributed by atoms with E-state index in [2.05, 4.69) is 22.4 Å². The molecule has 82 valence electrons. The van der Waals surface area contributed by atoms with Gasteiger partial charge in [0.15, 0.2) is 0 Å². The zero-order chi connectivity index (χ0) is 9.64. The summed E-state index contributed by atoms with van der Waals surface area (Å²) in [5.41, 5.74) is 0. The fourth-order valence-corrected chi connectivity index (χ4v) is 3.13. The van der Waals surface area contributed by atoms with Gasteiger partial charge in [-0.25, -0.2) is 0 Å². The van der Waals surface area contributed by atoms with E-state index in [-0.39, 0.29) is 0 Å². The highest BCUT2D eigenvalue weighted by molar-refractivity contribution is 7.99. The predicted octanol–water partition coefficient (Wildman–Crippen LogP) is 0.317.